The maximum atomic E-state index is 13.9. The van der Waals surface area contributed by atoms with E-state index in [0.717, 1.165) is 0 Å². The van der Waals surface area contributed by atoms with E-state index in [0.29, 0.717) is 28.2 Å². The Kier molecular flexibility index (Phi) is 8.03. The van der Waals surface area contributed by atoms with Gasteiger partial charge in [0.25, 0.3) is 5.69 Å². The number of nitro groups is 1. The van der Waals surface area contributed by atoms with Gasteiger partial charge in [-0.1, -0.05) is 48.5 Å². The highest BCUT2D eigenvalue weighted by Gasteiger charge is 2.37. The lowest BCUT2D eigenvalue weighted by atomic mass is 10.1. The van der Waals surface area contributed by atoms with Gasteiger partial charge in [0, 0.05) is 29.1 Å². The number of halogens is 1. The summed E-state index contributed by atoms with van der Waals surface area (Å²) in [5, 5.41) is 11.4. The Morgan fingerprint density at radius 3 is 2.48 bits per heavy atom. The third-order valence-electron chi connectivity index (χ3n) is 5.13. The van der Waals surface area contributed by atoms with Crippen LogP contribution in [-0.2, 0) is 20.0 Å². The number of carbonyl (C=O) groups excluding carboxylic acids is 1. The first-order valence-corrected chi connectivity index (χ1v) is 12.3. The van der Waals surface area contributed by atoms with E-state index < -0.39 is 18.6 Å². The molecule has 1 aliphatic rings. The number of rotatable bonds is 10. The Morgan fingerprint density at radius 2 is 1.88 bits per heavy atom. The molecule has 172 valence electrons. The summed E-state index contributed by atoms with van der Waals surface area (Å²) in [5.74, 6) is 0.0950. The molecule has 1 aliphatic carbocycles. The first kappa shape index (κ1) is 24.6. The van der Waals surface area contributed by atoms with Crippen LogP contribution in [0.5, 0.6) is 5.75 Å². The molecule has 0 bridgehead atoms. The zero-order valence-corrected chi connectivity index (χ0v) is 19.6. The standard InChI is InChI=1S/C24H23ClNO6P/c1-3-4-5-6-22-17(2)24(15-23(22)27)32-33(30,16-18-7-9-19(25)10-8-18)31-21-13-11-20(12-14-21)26(28)29/h3-5,7-14,24H,1,6,15-16H2,2H3/b5-4-/t24-,33+/m0/s1. The minimum atomic E-state index is -3.82. The van der Waals surface area contributed by atoms with Gasteiger partial charge in [-0.3, -0.25) is 19.4 Å². The van der Waals surface area contributed by atoms with Crippen molar-refractivity contribution in [2.24, 2.45) is 0 Å². The van der Waals surface area contributed by atoms with Crippen LogP contribution in [-0.4, -0.2) is 16.8 Å². The van der Waals surface area contributed by atoms with E-state index in [-0.39, 0.29) is 29.8 Å². The quantitative estimate of drug-likeness (QED) is 0.158. The Balaban J connectivity index is 1.88. The normalized spacial score (nSPS) is 17.9. The first-order valence-electron chi connectivity index (χ1n) is 10.2. The minimum absolute atomic E-state index is 0.0647. The van der Waals surface area contributed by atoms with Crippen LogP contribution in [0.15, 0.2) is 84.5 Å². The summed E-state index contributed by atoms with van der Waals surface area (Å²) in [5.41, 5.74) is 1.88. The van der Waals surface area contributed by atoms with Crippen LogP contribution in [0, 0.1) is 10.1 Å². The molecule has 0 saturated heterocycles. The van der Waals surface area contributed by atoms with E-state index in [4.69, 9.17) is 20.6 Å². The van der Waals surface area contributed by atoms with Gasteiger partial charge in [0.2, 0.25) is 0 Å². The van der Waals surface area contributed by atoms with Crippen molar-refractivity contribution in [1.29, 1.82) is 0 Å². The second-order valence-corrected chi connectivity index (χ2v) is 9.86. The van der Waals surface area contributed by atoms with Crippen molar-refractivity contribution >= 4 is 30.7 Å². The lowest BCUT2D eigenvalue weighted by Gasteiger charge is -2.23. The van der Waals surface area contributed by atoms with E-state index in [1.54, 1.807) is 43.3 Å². The van der Waals surface area contributed by atoms with Gasteiger partial charge in [-0.15, -0.1) is 0 Å². The predicted octanol–water partition coefficient (Wildman–Crippen LogP) is 6.83. The van der Waals surface area contributed by atoms with Gasteiger partial charge in [-0.25, -0.2) is 4.57 Å². The number of Topliss-reactive ketones (excluding diaryl/α,β-unsaturated/α-hetero) is 1. The van der Waals surface area contributed by atoms with Crippen LogP contribution < -0.4 is 4.52 Å². The molecule has 0 aliphatic heterocycles. The van der Waals surface area contributed by atoms with E-state index in [1.165, 1.54) is 24.3 Å². The fourth-order valence-electron chi connectivity index (χ4n) is 3.42. The molecular weight excluding hydrogens is 465 g/mol. The average Bonchev–Trinajstić information content (AvgIpc) is 3.02. The van der Waals surface area contributed by atoms with Gasteiger partial charge in [-0.2, -0.15) is 0 Å². The highest BCUT2D eigenvalue weighted by atomic mass is 35.5. The number of benzene rings is 2. The largest absolute Gasteiger partial charge is 0.424 e. The summed E-state index contributed by atoms with van der Waals surface area (Å²) in [6, 6.07) is 12.0. The van der Waals surface area contributed by atoms with Crippen molar-refractivity contribution in [3.05, 3.63) is 105 Å². The maximum absolute atomic E-state index is 13.9. The lowest BCUT2D eigenvalue weighted by molar-refractivity contribution is -0.384. The summed E-state index contributed by atoms with van der Waals surface area (Å²) in [7, 11) is -3.82. The average molecular weight is 488 g/mol. The van der Waals surface area contributed by atoms with Crippen LogP contribution in [0.4, 0.5) is 5.69 Å². The molecular formula is C24H23ClNO6P. The fraction of sp³-hybridized carbons (Fsp3) is 0.208. The van der Waals surface area contributed by atoms with Crippen molar-refractivity contribution < 1.29 is 23.3 Å². The molecule has 2 aromatic carbocycles. The molecule has 0 heterocycles. The Hall–Kier alpha value is -2.99. The van der Waals surface area contributed by atoms with E-state index in [9.17, 15) is 19.5 Å². The predicted molar refractivity (Wildman–Crippen MR) is 128 cm³/mol. The lowest BCUT2D eigenvalue weighted by Crippen LogP contribution is -2.14. The SMILES string of the molecule is C=C/C=C\CC1=C(C)[C@@H](O[P@@](=O)(Cc2ccc(Cl)cc2)Oc2ccc([N+](=O)[O-])cc2)CC1=O. The fourth-order valence-corrected chi connectivity index (χ4v) is 5.45. The molecule has 0 saturated carbocycles. The summed E-state index contributed by atoms with van der Waals surface area (Å²) < 4.78 is 25.6. The van der Waals surface area contributed by atoms with Crippen LogP contribution in [0.2, 0.25) is 5.02 Å². The molecule has 7 nitrogen and oxygen atoms in total. The number of hydrogen-bond acceptors (Lipinski definition) is 6. The molecule has 2 atom stereocenters. The molecule has 0 fully saturated rings. The van der Waals surface area contributed by atoms with Gasteiger partial charge >= 0.3 is 7.60 Å². The van der Waals surface area contributed by atoms with Gasteiger partial charge in [0.05, 0.1) is 17.2 Å². The molecule has 3 rings (SSSR count). The van der Waals surface area contributed by atoms with Gasteiger partial charge in [-0.05, 0) is 48.7 Å². The smallest absolute Gasteiger partial charge is 0.384 e. The second-order valence-electron chi connectivity index (χ2n) is 7.49. The monoisotopic (exact) mass is 487 g/mol. The Bertz CT molecular complexity index is 1150. The van der Waals surface area contributed by atoms with Crippen molar-refractivity contribution in [1.82, 2.24) is 0 Å². The molecule has 9 heteroatoms. The number of non-ortho nitro benzene ring substituents is 1. The van der Waals surface area contributed by atoms with Crippen molar-refractivity contribution in [3.8, 4) is 5.75 Å². The molecule has 0 N–H and O–H groups in total. The summed E-state index contributed by atoms with van der Waals surface area (Å²) in [4.78, 5) is 22.9. The van der Waals surface area contributed by atoms with Crippen LogP contribution in [0.3, 0.4) is 0 Å². The summed E-state index contributed by atoms with van der Waals surface area (Å²) in [6.07, 6.45) is 4.95. The van der Waals surface area contributed by atoms with E-state index in [1.807, 2.05) is 6.08 Å². The molecule has 0 radical (unpaired) electrons. The van der Waals surface area contributed by atoms with Crippen LogP contribution >= 0.6 is 19.2 Å². The van der Waals surface area contributed by atoms with Gasteiger partial charge in [0.15, 0.2) is 5.78 Å². The molecule has 0 amide bonds. The maximum Gasteiger partial charge on any atom is 0.384 e. The van der Waals surface area contributed by atoms with Gasteiger partial charge < -0.3 is 4.52 Å². The summed E-state index contributed by atoms with van der Waals surface area (Å²) >= 11 is 5.95. The number of hydrogen-bond donors (Lipinski definition) is 0. The van der Waals surface area contributed by atoms with Crippen LogP contribution in [0.1, 0.15) is 25.3 Å². The highest BCUT2D eigenvalue weighted by molar-refractivity contribution is 7.53. The van der Waals surface area contributed by atoms with Crippen molar-refractivity contribution in [2.75, 3.05) is 0 Å². The first-order chi connectivity index (χ1) is 15.7. The zero-order chi connectivity index (χ0) is 24.0. The minimum Gasteiger partial charge on any atom is -0.424 e. The Morgan fingerprint density at radius 1 is 1.21 bits per heavy atom. The number of ketones is 1. The number of allylic oxidation sites excluding steroid dienone is 4. The van der Waals surface area contributed by atoms with Crippen LogP contribution in [0.25, 0.3) is 0 Å². The molecule has 0 unspecified atom stereocenters. The van der Waals surface area contributed by atoms with E-state index >= 15 is 0 Å². The Labute approximate surface area is 197 Å². The van der Waals surface area contributed by atoms with E-state index in [2.05, 4.69) is 6.58 Å². The third-order valence-corrected chi connectivity index (χ3v) is 7.20. The number of carbonyl (C=O) groups is 1. The third kappa shape index (κ3) is 6.51. The molecule has 0 spiro atoms. The second kappa shape index (κ2) is 10.8. The van der Waals surface area contributed by atoms with Crippen molar-refractivity contribution in [2.45, 2.75) is 32.0 Å². The number of nitro benzene ring substituents is 1. The summed E-state index contributed by atoms with van der Waals surface area (Å²) in [6.45, 7) is 5.40. The molecule has 2 aromatic rings. The highest BCUT2D eigenvalue weighted by Crippen LogP contribution is 2.54. The number of nitrogens with zero attached hydrogens (tertiary/aromatic N) is 1. The molecule has 0 aromatic heterocycles. The zero-order valence-electron chi connectivity index (χ0n) is 18.0. The van der Waals surface area contributed by atoms with Crippen molar-refractivity contribution in [3.63, 3.8) is 0 Å². The topological polar surface area (TPSA) is 95.7 Å². The van der Waals surface area contributed by atoms with Gasteiger partial charge in [0.1, 0.15) is 5.75 Å². The molecule has 33 heavy (non-hydrogen) atoms.